The highest BCUT2D eigenvalue weighted by Gasteiger charge is 2.21. The van der Waals surface area contributed by atoms with Crippen LogP contribution in [0.3, 0.4) is 0 Å². The van der Waals surface area contributed by atoms with Crippen molar-refractivity contribution >= 4 is 17.0 Å². The molecule has 0 amide bonds. The van der Waals surface area contributed by atoms with Gasteiger partial charge in [0.15, 0.2) is 17.7 Å². The lowest BCUT2D eigenvalue weighted by molar-refractivity contribution is 0.191. The molecule has 6 rings (SSSR count). The second-order valence-electron chi connectivity index (χ2n) is 9.61. The number of imidazole rings is 1. The van der Waals surface area contributed by atoms with Gasteiger partial charge in [0.05, 0.1) is 11.3 Å². The third-order valence-corrected chi connectivity index (χ3v) is 7.03. The summed E-state index contributed by atoms with van der Waals surface area (Å²) < 4.78 is 2.06. The first-order valence-electron chi connectivity index (χ1n) is 12.8. The largest absolute Gasteiger partial charge is 0.383 e. The van der Waals surface area contributed by atoms with Gasteiger partial charge in [-0.15, -0.1) is 0 Å². The maximum Gasteiger partial charge on any atom is 0.176 e. The molecule has 1 aliphatic heterocycles. The normalized spacial score (nSPS) is 15.8. The SMILES string of the molecule is N#CN[C@@H]1CCCN(Cc2ccc(-n3c(-c4cccnc4N)nc4ccc(-c5ccccc5)nc43)cc2)C1. The van der Waals surface area contributed by atoms with Gasteiger partial charge in [-0.3, -0.25) is 9.47 Å². The number of nitrogens with two attached hydrogens (primary N) is 1. The number of nitrogens with zero attached hydrogens (tertiary/aromatic N) is 6. The monoisotopic (exact) mass is 500 g/mol. The van der Waals surface area contributed by atoms with E-state index in [0.717, 1.165) is 66.1 Å². The Morgan fingerprint density at radius 1 is 0.974 bits per heavy atom. The minimum absolute atomic E-state index is 0.225. The zero-order valence-electron chi connectivity index (χ0n) is 21.0. The predicted octanol–water partition coefficient (Wildman–Crippen LogP) is 4.77. The third kappa shape index (κ3) is 4.67. The van der Waals surface area contributed by atoms with E-state index in [-0.39, 0.29) is 6.04 Å². The average molecular weight is 501 g/mol. The average Bonchev–Trinajstić information content (AvgIpc) is 3.33. The van der Waals surface area contributed by atoms with Crippen molar-refractivity contribution < 1.29 is 0 Å². The van der Waals surface area contributed by atoms with E-state index in [2.05, 4.69) is 62.4 Å². The lowest BCUT2D eigenvalue weighted by Crippen LogP contribution is -2.43. The molecule has 1 atom stereocenters. The number of pyridine rings is 2. The van der Waals surface area contributed by atoms with E-state index in [1.807, 2.05) is 42.5 Å². The maximum atomic E-state index is 8.99. The third-order valence-electron chi connectivity index (χ3n) is 7.03. The van der Waals surface area contributed by atoms with E-state index < -0.39 is 0 Å². The zero-order chi connectivity index (χ0) is 25.9. The minimum Gasteiger partial charge on any atom is -0.383 e. The van der Waals surface area contributed by atoms with Crippen molar-refractivity contribution in [3.05, 3.63) is 90.6 Å². The standard InChI is InChI=1S/C30H28N8/c31-20-34-23-8-5-17-37(19-23)18-21-10-12-24(13-11-21)38-29(25-9-4-16-33-28(25)32)36-27-15-14-26(35-30(27)38)22-6-2-1-3-7-22/h1-4,6-7,9-16,23,34H,5,8,17-19H2,(H2,32,33)/t23-/m1/s1. The van der Waals surface area contributed by atoms with E-state index in [1.54, 1.807) is 6.20 Å². The first-order chi connectivity index (χ1) is 18.7. The Balaban J connectivity index is 1.39. The van der Waals surface area contributed by atoms with Gasteiger partial charge >= 0.3 is 0 Å². The molecule has 2 aromatic carbocycles. The van der Waals surface area contributed by atoms with E-state index in [4.69, 9.17) is 21.0 Å². The van der Waals surface area contributed by atoms with Crippen LogP contribution in [0.4, 0.5) is 5.82 Å². The Hall–Kier alpha value is -4.74. The second kappa shape index (κ2) is 10.3. The van der Waals surface area contributed by atoms with E-state index in [1.165, 1.54) is 5.56 Å². The number of benzene rings is 2. The molecule has 0 aliphatic carbocycles. The van der Waals surface area contributed by atoms with Gasteiger partial charge in [0, 0.05) is 36.6 Å². The molecule has 3 N–H and O–H groups in total. The molecular formula is C30H28N8. The fraction of sp³-hybridized carbons (Fsp3) is 0.200. The molecule has 38 heavy (non-hydrogen) atoms. The summed E-state index contributed by atoms with van der Waals surface area (Å²) in [5.41, 5.74) is 12.7. The van der Waals surface area contributed by atoms with Crippen LogP contribution in [0.25, 0.3) is 39.5 Å². The molecule has 8 heteroatoms. The van der Waals surface area contributed by atoms with Gasteiger partial charge in [-0.25, -0.2) is 15.0 Å². The Kier molecular flexibility index (Phi) is 6.42. The molecule has 5 aromatic rings. The first kappa shape index (κ1) is 23.6. The molecular weight excluding hydrogens is 472 g/mol. The lowest BCUT2D eigenvalue weighted by Gasteiger charge is -2.32. The van der Waals surface area contributed by atoms with Crippen LogP contribution in [0, 0.1) is 11.5 Å². The summed E-state index contributed by atoms with van der Waals surface area (Å²) in [5, 5.41) is 11.9. The molecule has 1 saturated heterocycles. The number of hydrogen-bond donors (Lipinski definition) is 2. The molecule has 0 radical (unpaired) electrons. The van der Waals surface area contributed by atoms with Crippen molar-refractivity contribution in [3.8, 4) is 34.5 Å². The van der Waals surface area contributed by atoms with Gasteiger partial charge in [-0.05, 0) is 61.3 Å². The van der Waals surface area contributed by atoms with Gasteiger partial charge in [-0.1, -0.05) is 42.5 Å². The summed E-state index contributed by atoms with van der Waals surface area (Å²) in [4.78, 5) is 16.7. The highest BCUT2D eigenvalue weighted by Crippen LogP contribution is 2.32. The number of nitriles is 1. The molecule has 8 nitrogen and oxygen atoms in total. The van der Waals surface area contributed by atoms with Crippen molar-refractivity contribution in [1.82, 2.24) is 29.7 Å². The summed E-state index contributed by atoms with van der Waals surface area (Å²) >= 11 is 0. The molecule has 3 aromatic heterocycles. The number of aromatic nitrogens is 4. The molecule has 188 valence electrons. The molecule has 0 bridgehead atoms. The molecule has 4 heterocycles. The highest BCUT2D eigenvalue weighted by atomic mass is 15.2. The van der Waals surface area contributed by atoms with Crippen molar-refractivity contribution in [1.29, 1.82) is 5.26 Å². The molecule has 0 spiro atoms. The number of anilines is 1. The van der Waals surface area contributed by atoms with Gasteiger partial charge in [0.1, 0.15) is 11.3 Å². The molecule has 0 saturated carbocycles. The smallest absolute Gasteiger partial charge is 0.176 e. The van der Waals surface area contributed by atoms with Gasteiger partial charge < -0.3 is 11.1 Å². The quantitative estimate of drug-likeness (QED) is 0.255. The number of hydrogen-bond acceptors (Lipinski definition) is 7. The Morgan fingerprint density at radius 2 is 1.82 bits per heavy atom. The summed E-state index contributed by atoms with van der Waals surface area (Å²) in [6.07, 6.45) is 5.90. The maximum absolute atomic E-state index is 8.99. The summed E-state index contributed by atoms with van der Waals surface area (Å²) in [7, 11) is 0. The van der Waals surface area contributed by atoms with Gasteiger partial charge in [0.2, 0.25) is 0 Å². The van der Waals surface area contributed by atoms with Crippen LogP contribution < -0.4 is 11.1 Å². The van der Waals surface area contributed by atoms with Crippen LogP contribution in [-0.4, -0.2) is 43.6 Å². The van der Waals surface area contributed by atoms with Crippen LogP contribution in [0.2, 0.25) is 0 Å². The molecule has 1 fully saturated rings. The Bertz CT molecular complexity index is 1600. The summed E-state index contributed by atoms with van der Waals surface area (Å²) in [6.45, 7) is 2.75. The Morgan fingerprint density at radius 3 is 2.61 bits per heavy atom. The number of fused-ring (bicyclic) bond motifs is 1. The first-order valence-corrected chi connectivity index (χ1v) is 12.8. The van der Waals surface area contributed by atoms with E-state index >= 15 is 0 Å². The summed E-state index contributed by atoms with van der Waals surface area (Å²) in [6, 6.07) is 26.7. The Labute approximate surface area is 221 Å². The van der Waals surface area contributed by atoms with Gasteiger partial charge in [-0.2, -0.15) is 5.26 Å². The van der Waals surface area contributed by atoms with Crippen LogP contribution in [-0.2, 0) is 6.54 Å². The van der Waals surface area contributed by atoms with Crippen LogP contribution in [0.1, 0.15) is 18.4 Å². The number of rotatable bonds is 6. The number of nitrogen functional groups attached to an aromatic ring is 1. The summed E-state index contributed by atoms with van der Waals surface area (Å²) in [5.74, 6) is 1.13. The van der Waals surface area contributed by atoms with Crippen LogP contribution >= 0.6 is 0 Å². The zero-order valence-corrected chi connectivity index (χ0v) is 21.0. The molecule has 0 unspecified atom stereocenters. The lowest BCUT2D eigenvalue weighted by atomic mass is 10.0. The van der Waals surface area contributed by atoms with Crippen molar-refractivity contribution in [2.45, 2.75) is 25.4 Å². The second-order valence-corrected chi connectivity index (χ2v) is 9.61. The van der Waals surface area contributed by atoms with Gasteiger partial charge in [0.25, 0.3) is 0 Å². The number of likely N-dealkylation sites (tertiary alicyclic amines) is 1. The number of piperidine rings is 1. The topological polar surface area (TPSA) is 109 Å². The van der Waals surface area contributed by atoms with Crippen molar-refractivity contribution in [3.63, 3.8) is 0 Å². The molecule has 1 aliphatic rings. The van der Waals surface area contributed by atoms with E-state index in [9.17, 15) is 0 Å². The van der Waals surface area contributed by atoms with Crippen molar-refractivity contribution in [2.24, 2.45) is 0 Å². The van der Waals surface area contributed by atoms with Crippen molar-refractivity contribution in [2.75, 3.05) is 18.8 Å². The number of nitrogens with one attached hydrogen (secondary N) is 1. The van der Waals surface area contributed by atoms with Crippen LogP contribution in [0.5, 0.6) is 0 Å². The minimum atomic E-state index is 0.225. The highest BCUT2D eigenvalue weighted by molar-refractivity contribution is 5.84. The fourth-order valence-corrected chi connectivity index (χ4v) is 5.18. The predicted molar refractivity (Wildman–Crippen MR) is 149 cm³/mol. The fourth-order valence-electron chi connectivity index (χ4n) is 5.18. The van der Waals surface area contributed by atoms with E-state index in [0.29, 0.717) is 11.6 Å². The van der Waals surface area contributed by atoms with Crippen LogP contribution in [0.15, 0.2) is 85.1 Å².